The van der Waals surface area contributed by atoms with Gasteiger partial charge >= 0.3 is 0 Å². The van der Waals surface area contributed by atoms with Gasteiger partial charge in [-0.2, -0.15) is 0 Å². The molecule has 4 aliphatic heterocycles. The number of nitrogens with zero attached hydrogens (tertiary/aromatic N) is 4. The lowest BCUT2D eigenvalue weighted by Gasteiger charge is -2.33. The standard InChI is InChI=1S/C41H33N5O8/c1-51-35-16-29-31(42-20-28-14-25-7-3-5-9-33(25)44(28)40(29)47)18-37(35)53-21-23-11-24(13-27(12-23)46(49)50)22-54-38-19-32-30(17-36(38)52-2)41(48)45-34-10-6-4-8-26(34)15-39(45)43-32/h3-13,16-20,28,39,43H,14-15,21-22H2,1-2H3. The molecule has 0 aromatic heterocycles. The van der Waals surface area contributed by atoms with Crippen molar-refractivity contribution in [2.75, 3.05) is 29.3 Å². The molecule has 1 N–H and O–H groups in total. The van der Waals surface area contributed by atoms with Crippen LogP contribution < -0.4 is 34.1 Å². The quantitative estimate of drug-likeness (QED) is 0.125. The number of nitro benzene ring substituents is 1. The van der Waals surface area contributed by atoms with Gasteiger partial charge in [0, 0.05) is 54.7 Å². The van der Waals surface area contributed by atoms with Gasteiger partial charge in [0.05, 0.1) is 47.7 Å². The van der Waals surface area contributed by atoms with Crippen LogP contribution in [0.1, 0.15) is 43.0 Å². The Morgan fingerprint density at radius 3 is 2.00 bits per heavy atom. The van der Waals surface area contributed by atoms with E-state index in [-0.39, 0.29) is 42.9 Å². The summed E-state index contributed by atoms with van der Waals surface area (Å²) < 4.78 is 23.6. The Bertz CT molecular complexity index is 2430. The predicted octanol–water partition coefficient (Wildman–Crippen LogP) is 7.01. The lowest BCUT2D eigenvalue weighted by Crippen LogP contribution is -2.46. The molecular weight excluding hydrogens is 690 g/mol. The Hall–Kier alpha value is -6.89. The Morgan fingerprint density at radius 1 is 0.741 bits per heavy atom. The molecule has 4 aliphatic rings. The third kappa shape index (κ3) is 5.52. The van der Waals surface area contributed by atoms with Crippen molar-refractivity contribution in [2.45, 2.75) is 38.3 Å². The zero-order valence-electron chi connectivity index (χ0n) is 29.3. The van der Waals surface area contributed by atoms with Gasteiger partial charge in [0.25, 0.3) is 17.5 Å². The van der Waals surface area contributed by atoms with Gasteiger partial charge < -0.3 is 24.3 Å². The Balaban J connectivity index is 0.946. The molecule has 13 nitrogen and oxygen atoms in total. The van der Waals surface area contributed by atoms with Crippen molar-refractivity contribution in [3.05, 3.63) is 134 Å². The minimum Gasteiger partial charge on any atom is -0.493 e. The van der Waals surface area contributed by atoms with Gasteiger partial charge in [-0.15, -0.1) is 0 Å². The molecule has 5 aromatic carbocycles. The maximum absolute atomic E-state index is 13.8. The second-order valence-electron chi connectivity index (χ2n) is 13.4. The van der Waals surface area contributed by atoms with Crippen molar-refractivity contribution >= 4 is 46.5 Å². The molecule has 270 valence electrons. The third-order valence-corrected chi connectivity index (χ3v) is 10.2. The van der Waals surface area contributed by atoms with Gasteiger partial charge in [0.2, 0.25) is 0 Å². The fourth-order valence-corrected chi connectivity index (χ4v) is 7.72. The van der Waals surface area contributed by atoms with Crippen LogP contribution in [0.2, 0.25) is 0 Å². The molecular formula is C41H33N5O8. The monoisotopic (exact) mass is 723 g/mol. The number of non-ortho nitro benzene ring substituents is 1. The van der Waals surface area contributed by atoms with Gasteiger partial charge in [-0.1, -0.05) is 36.4 Å². The number of amides is 2. The highest BCUT2D eigenvalue weighted by Crippen LogP contribution is 2.44. The molecule has 5 aromatic rings. The van der Waals surface area contributed by atoms with Crippen molar-refractivity contribution in [1.29, 1.82) is 0 Å². The van der Waals surface area contributed by atoms with Crippen molar-refractivity contribution in [3.8, 4) is 23.0 Å². The van der Waals surface area contributed by atoms with Gasteiger partial charge in [-0.3, -0.25) is 34.5 Å². The number of benzene rings is 5. The third-order valence-electron chi connectivity index (χ3n) is 10.2. The molecule has 9 rings (SSSR count). The second-order valence-corrected chi connectivity index (χ2v) is 13.4. The number of hydrogen-bond donors (Lipinski definition) is 1. The molecule has 2 atom stereocenters. The summed E-state index contributed by atoms with van der Waals surface area (Å²) in [5.41, 5.74) is 6.71. The van der Waals surface area contributed by atoms with Crippen LogP contribution in [0.25, 0.3) is 0 Å². The van der Waals surface area contributed by atoms with Crippen molar-refractivity contribution in [1.82, 2.24) is 0 Å². The number of rotatable bonds is 9. The maximum Gasteiger partial charge on any atom is 0.270 e. The summed E-state index contributed by atoms with van der Waals surface area (Å²) in [6.07, 6.45) is 2.88. The molecule has 0 bridgehead atoms. The SMILES string of the molecule is COc1cc2c(cc1OCc1cc(COc3cc4c(cc3OC)C(=O)N3c5ccccc5CC3N4)cc([N+](=O)[O-])c1)N=CC1Cc3ccccc3N1C2=O. The van der Waals surface area contributed by atoms with E-state index in [1.54, 1.807) is 46.3 Å². The van der Waals surface area contributed by atoms with Crippen LogP contribution >= 0.6 is 0 Å². The maximum atomic E-state index is 13.8. The highest BCUT2D eigenvalue weighted by Gasteiger charge is 2.40. The fraction of sp³-hybridized carbons (Fsp3) is 0.195. The van der Waals surface area contributed by atoms with Crippen molar-refractivity contribution in [3.63, 3.8) is 0 Å². The van der Waals surface area contributed by atoms with Crippen LogP contribution in [0.3, 0.4) is 0 Å². The van der Waals surface area contributed by atoms with Crippen LogP contribution in [0.4, 0.5) is 28.4 Å². The van der Waals surface area contributed by atoms with E-state index in [1.165, 1.54) is 26.4 Å². The average Bonchev–Trinajstić information content (AvgIpc) is 3.72. The fourth-order valence-electron chi connectivity index (χ4n) is 7.72. The summed E-state index contributed by atoms with van der Waals surface area (Å²) in [6, 6.07) is 26.7. The lowest BCUT2D eigenvalue weighted by atomic mass is 10.1. The number of fused-ring (bicyclic) bond motifs is 8. The normalized spacial score (nSPS) is 17.3. The number of nitro groups is 1. The van der Waals surface area contributed by atoms with Gasteiger partial charge in [0.1, 0.15) is 19.4 Å². The number of aliphatic imine (C=N–C) groups is 1. The molecule has 2 unspecified atom stereocenters. The number of anilines is 3. The van der Waals surface area contributed by atoms with Crippen LogP contribution in [-0.2, 0) is 26.1 Å². The van der Waals surface area contributed by atoms with Crippen LogP contribution in [0, 0.1) is 10.1 Å². The molecule has 0 saturated carbocycles. The molecule has 0 spiro atoms. The Kier molecular flexibility index (Phi) is 7.91. The Morgan fingerprint density at radius 2 is 1.33 bits per heavy atom. The highest BCUT2D eigenvalue weighted by molar-refractivity contribution is 6.15. The van der Waals surface area contributed by atoms with Crippen LogP contribution in [0.5, 0.6) is 23.0 Å². The number of carbonyl (C=O) groups is 2. The first-order valence-electron chi connectivity index (χ1n) is 17.4. The zero-order valence-corrected chi connectivity index (χ0v) is 29.3. The van der Waals surface area contributed by atoms with Gasteiger partial charge in [-0.25, -0.2) is 0 Å². The van der Waals surface area contributed by atoms with E-state index in [0.717, 1.165) is 22.5 Å². The number of nitrogens with one attached hydrogen (secondary N) is 1. The summed E-state index contributed by atoms with van der Waals surface area (Å²) in [4.78, 5) is 47.1. The van der Waals surface area contributed by atoms with E-state index in [4.69, 9.17) is 18.9 Å². The van der Waals surface area contributed by atoms with E-state index in [2.05, 4.69) is 10.3 Å². The first-order valence-corrected chi connectivity index (χ1v) is 17.4. The molecule has 0 aliphatic carbocycles. The van der Waals surface area contributed by atoms with E-state index in [0.29, 0.717) is 69.5 Å². The molecule has 2 amide bonds. The molecule has 0 saturated heterocycles. The van der Waals surface area contributed by atoms with Crippen LogP contribution in [0.15, 0.2) is 96.0 Å². The number of carbonyl (C=O) groups excluding carboxylic acids is 2. The summed E-state index contributed by atoms with van der Waals surface area (Å²) in [5.74, 6) is 1.06. The number of hydrogen-bond acceptors (Lipinski definition) is 10. The highest BCUT2D eigenvalue weighted by atomic mass is 16.6. The summed E-state index contributed by atoms with van der Waals surface area (Å²) >= 11 is 0. The van der Waals surface area contributed by atoms with Crippen molar-refractivity contribution in [2.24, 2.45) is 4.99 Å². The first kappa shape index (κ1) is 33.0. The predicted molar refractivity (Wildman–Crippen MR) is 201 cm³/mol. The molecule has 54 heavy (non-hydrogen) atoms. The first-order chi connectivity index (χ1) is 26.3. The number of methoxy groups -OCH3 is 2. The summed E-state index contributed by atoms with van der Waals surface area (Å²) in [6.45, 7) is -0.0728. The van der Waals surface area contributed by atoms with Gasteiger partial charge in [-0.05, 0) is 52.6 Å². The van der Waals surface area contributed by atoms with Crippen molar-refractivity contribution < 1.29 is 33.5 Å². The number of para-hydroxylation sites is 2. The molecule has 4 heterocycles. The molecule has 0 fully saturated rings. The lowest BCUT2D eigenvalue weighted by molar-refractivity contribution is -0.385. The molecule has 0 radical (unpaired) electrons. The topological polar surface area (TPSA) is 145 Å². The van der Waals surface area contributed by atoms with E-state index in [1.807, 2.05) is 48.5 Å². The zero-order chi connectivity index (χ0) is 37.1. The minimum absolute atomic E-state index is 0.0292. The largest absolute Gasteiger partial charge is 0.493 e. The Labute approximate surface area is 309 Å². The minimum atomic E-state index is -0.471. The van der Waals surface area contributed by atoms with Crippen LogP contribution in [-0.4, -0.2) is 49.4 Å². The summed E-state index contributed by atoms with van der Waals surface area (Å²) in [7, 11) is 2.98. The van der Waals surface area contributed by atoms with E-state index >= 15 is 0 Å². The average molecular weight is 724 g/mol. The second kappa shape index (κ2) is 13.0. The smallest absolute Gasteiger partial charge is 0.270 e. The summed E-state index contributed by atoms with van der Waals surface area (Å²) in [5, 5.41) is 15.5. The number of ether oxygens (including phenoxy) is 4. The van der Waals surface area contributed by atoms with E-state index < -0.39 is 4.92 Å². The van der Waals surface area contributed by atoms with E-state index in [9.17, 15) is 19.7 Å². The van der Waals surface area contributed by atoms with Gasteiger partial charge in [0.15, 0.2) is 23.0 Å². The molecule has 13 heteroatoms.